The first-order valence-corrected chi connectivity index (χ1v) is 11.9. The monoisotopic (exact) mass is 500 g/mol. The second kappa shape index (κ2) is 11.0. The van der Waals surface area contributed by atoms with Crippen molar-refractivity contribution < 1.29 is 28.1 Å². The lowest BCUT2D eigenvalue weighted by Crippen LogP contribution is -2.39. The van der Waals surface area contributed by atoms with E-state index in [2.05, 4.69) is 15.3 Å². The summed E-state index contributed by atoms with van der Waals surface area (Å²) in [7, 11) is 6.40. The number of halogens is 1. The van der Waals surface area contributed by atoms with Crippen LogP contribution in [-0.2, 0) is 11.8 Å². The van der Waals surface area contributed by atoms with Gasteiger partial charge >= 0.3 is 6.09 Å². The highest BCUT2D eigenvalue weighted by Gasteiger charge is 2.26. The smallest absolute Gasteiger partial charge is 0.411 e. The number of likely N-dealkylation sites (tertiary alicyclic amines) is 1. The Balaban J connectivity index is 1.30. The van der Waals surface area contributed by atoms with E-state index in [4.69, 9.17) is 18.9 Å². The second-order valence-corrected chi connectivity index (χ2v) is 9.00. The van der Waals surface area contributed by atoms with E-state index in [9.17, 15) is 9.18 Å². The first kappa shape index (κ1) is 25.6. The maximum absolute atomic E-state index is 13.6. The van der Waals surface area contributed by atoms with E-state index in [1.165, 1.54) is 33.5 Å². The zero-order valence-corrected chi connectivity index (χ0v) is 21.3. The van der Waals surface area contributed by atoms with Crippen LogP contribution in [-0.4, -0.2) is 67.8 Å². The molecule has 3 aromatic rings. The Kier molecular flexibility index (Phi) is 7.83. The Morgan fingerprint density at radius 1 is 1.11 bits per heavy atom. The van der Waals surface area contributed by atoms with Crippen LogP contribution in [0, 0.1) is 5.82 Å². The topological polar surface area (TPSA) is 87.1 Å². The molecule has 0 aliphatic carbocycles. The molecule has 1 N–H and O–H groups in total. The molecule has 4 rings (SSSR count). The van der Waals surface area contributed by atoms with Crippen molar-refractivity contribution in [2.75, 3.05) is 46.3 Å². The molecule has 1 aliphatic rings. The molecule has 2 heterocycles. The van der Waals surface area contributed by atoms with Gasteiger partial charge in [0, 0.05) is 37.0 Å². The third-order valence-electron chi connectivity index (χ3n) is 6.55. The number of hydrogen-bond donors (Lipinski definition) is 1. The summed E-state index contributed by atoms with van der Waals surface area (Å²) in [5, 5.41) is 8.43. The zero-order chi connectivity index (χ0) is 25.8. The summed E-state index contributed by atoms with van der Waals surface area (Å²) in [6.07, 6.45) is 1.02. The van der Waals surface area contributed by atoms with Crippen molar-refractivity contribution in [1.29, 1.82) is 0 Å². The highest BCUT2D eigenvalue weighted by atomic mass is 19.1. The number of aromatic nitrogens is 2. The summed E-state index contributed by atoms with van der Waals surface area (Å²) in [4.78, 5) is 14.8. The van der Waals surface area contributed by atoms with E-state index in [0.29, 0.717) is 35.4 Å². The number of benzene rings is 2. The van der Waals surface area contributed by atoms with Crippen LogP contribution in [0.15, 0.2) is 30.3 Å². The van der Waals surface area contributed by atoms with Crippen molar-refractivity contribution in [1.82, 2.24) is 14.7 Å². The number of nitrogens with one attached hydrogen (secondary N) is 1. The molecule has 1 atom stereocenters. The van der Waals surface area contributed by atoms with E-state index < -0.39 is 6.09 Å². The molecule has 1 aliphatic heterocycles. The van der Waals surface area contributed by atoms with Crippen molar-refractivity contribution in [2.24, 2.45) is 7.05 Å². The molecule has 1 amide bonds. The first-order valence-electron chi connectivity index (χ1n) is 11.9. The van der Waals surface area contributed by atoms with Crippen molar-refractivity contribution in [3.8, 4) is 17.2 Å². The van der Waals surface area contributed by atoms with Gasteiger partial charge in [0.05, 0.1) is 38.2 Å². The summed E-state index contributed by atoms with van der Waals surface area (Å²) in [6, 6.07) is 8.14. The molecular weight excluding hydrogens is 467 g/mol. The number of piperidine rings is 1. The van der Waals surface area contributed by atoms with Gasteiger partial charge in [-0.25, -0.2) is 9.18 Å². The number of nitrogens with zero attached hydrogens (tertiary/aromatic N) is 3. The SMILES string of the molecule is COc1cc(NC(=O)OC(C)CN2CCC(c3nn(C)c4cc(F)ccc34)CC2)cc(OC)c1OC. The van der Waals surface area contributed by atoms with E-state index in [1.54, 1.807) is 16.8 Å². The molecule has 1 fully saturated rings. The molecule has 10 heteroatoms. The minimum Gasteiger partial charge on any atom is -0.493 e. The summed E-state index contributed by atoms with van der Waals surface area (Å²) in [6.45, 7) is 4.24. The molecule has 1 unspecified atom stereocenters. The van der Waals surface area contributed by atoms with Crippen LogP contribution in [0.2, 0.25) is 0 Å². The molecule has 2 aromatic carbocycles. The number of amides is 1. The lowest BCUT2D eigenvalue weighted by Gasteiger charge is -2.32. The third-order valence-corrected chi connectivity index (χ3v) is 6.55. The van der Waals surface area contributed by atoms with Crippen molar-refractivity contribution in [3.05, 3.63) is 41.8 Å². The number of aryl methyl sites for hydroxylation is 1. The number of rotatable bonds is 8. The fourth-order valence-electron chi connectivity index (χ4n) is 4.83. The van der Waals surface area contributed by atoms with Gasteiger partial charge in [0.25, 0.3) is 0 Å². The van der Waals surface area contributed by atoms with E-state index in [1.807, 2.05) is 20.0 Å². The highest BCUT2D eigenvalue weighted by molar-refractivity contribution is 5.86. The fraction of sp³-hybridized carbons (Fsp3) is 0.462. The average molecular weight is 501 g/mol. The number of hydrogen-bond acceptors (Lipinski definition) is 7. The van der Waals surface area contributed by atoms with Gasteiger partial charge in [-0.3, -0.25) is 14.9 Å². The Labute approximate surface area is 210 Å². The van der Waals surface area contributed by atoms with Crippen molar-refractivity contribution in [2.45, 2.75) is 31.8 Å². The summed E-state index contributed by atoms with van der Waals surface area (Å²) in [5.74, 6) is 1.38. The van der Waals surface area contributed by atoms with Crippen LogP contribution in [0.4, 0.5) is 14.9 Å². The molecule has 36 heavy (non-hydrogen) atoms. The maximum Gasteiger partial charge on any atom is 0.411 e. The van der Waals surface area contributed by atoms with Gasteiger partial charge < -0.3 is 18.9 Å². The number of fused-ring (bicyclic) bond motifs is 1. The van der Waals surface area contributed by atoms with Crippen LogP contribution in [0.1, 0.15) is 31.4 Å². The lowest BCUT2D eigenvalue weighted by molar-refractivity contribution is 0.0807. The normalized spacial score (nSPS) is 15.5. The highest BCUT2D eigenvalue weighted by Crippen LogP contribution is 2.40. The number of methoxy groups -OCH3 is 3. The van der Waals surface area contributed by atoms with Crippen LogP contribution in [0.3, 0.4) is 0 Å². The van der Waals surface area contributed by atoms with Gasteiger partial charge in [-0.2, -0.15) is 5.10 Å². The minimum absolute atomic E-state index is 0.254. The summed E-state index contributed by atoms with van der Waals surface area (Å²) < 4.78 is 37.0. The van der Waals surface area contributed by atoms with Crippen molar-refractivity contribution >= 4 is 22.7 Å². The number of anilines is 1. The predicted molar refractivity (Wildman–Crippen MR) is 135 cm³/mol. The molecule has 0 radical (unpaired) electrons. The number of carbonyl (C=O) groups excluding carboxylic acids is 1. The van der Waals surface area contributed by atoms with Gasteiger partial charge in [-0.15, -0.1) is 0 Å². The summed E-state index contributed by atoms with van der Waals surface area (Å²) >= 11 is 0. The molecular formula is C26H33FN4O5. The maximum atomic E-state index is 13.6. The molecule has 9 nitrogen and oxygen atoms in total. The van der Waals surface area contributed by atoms with Crippen LogP contribution >= 0.6 is 0 Å². The second-order valence-electron chi connectivity index (χ2n) is 9.00. The zero-order valence-electron chi connectivity index (χ0n) is 21.3. The molecule has 0 saturated carbocycles. The lowest BCUT2D eigenvalue weighted by atomic mass is 9.91. The van der Waals surface area contributed by atoms with E-state index in [0.717, 1.165) is 42.5 Å². The fourth-order valence-corrected chi connectivity index (χ4v) is 4.83. The molecule has 0 bridgehead atoms. The Morgan fingerprint density at radius 3 is 2.39 bits per heavy atom. The standard InChI is InChI=1S/C26H33FN4O5/c1-16(36-26(32)28-19-13-22(33-3)25(35-5)23(14-19)34-4)15-31-10-8-17(9-11-31)24-20-7-6-18(27)12-21(20)30(2)29-24/h6-7,12-14,16-17H,8-11,15H2,1-5H3,(H,28,32). The van der Waals surface area contributed by atoms with E-state index in [-0.39, 0.29) is 11.9 Å². The number of ether oxygens (including phenoxy) is 4. The van der Waals surface area contributed by atoms with Crippen molar-refractivity contribution in [3.63, 3.8) is 0 Å². The summed E-state index contributed by atoms with van der Waals surface area (Å²) in [5.41, 5.74) is 2.32. The van der Waals surface area contributed by atoms with Crippen LogP contribution in [0.5, 0.6) is 17.2 Å². The average Bonchev–Trinajstić information content (AvgIpc) is 3.19. The first-order chi connectivity index (χ1) is 17.3. The third kappa shape index (κ3) is 5.48. The van der Waals surface area contributed by atoms with Crippen LogP contribution < -0.4 is 19.5 Å². The quantitative estimate of drug-likeness (QED) is 0.485. The van der Waals surface area contributed by atoms with Gasteiger partial charge in [0.15, 0.2) is 11.5 Å². The largest absolute Gasteiger partial charge is 0.493 e. The van der Waals surface area contributed by atoms with Gasteiger partial charge in [-0.05, 0) is 51.1 Å². The Bertz CT molecular complexity index is 1200. The molecule has 1 aromatic heterocycles. The van der Waals surface area contributed by atoms with E-state index >= 15 is 0 Å². The molecule has 1 saturated heterocycles. The van der Waals surface area contributed by atoms with Gasteiger partial charge in [0.2, 0.25) is 5.75 Å². The number of carbonyl (C=O) groups is 1. The minimum atomic E-state index is -0.557. The predicted octanol–water partition coefficient (Wildman–Crippen LogP) is 4.55. The molecule has 194 valence electrons. The Morgan fingerprint density at radius 2 is 1.78 bits per heavy atom. The van der Waals surface area contributed by atoms with Gasteiger partial charge in [0.1, 0.15) is 11.9 Å². The van der Waals surface area contributed by atoms with Gasteiger partial charge in [-0.1, -0.05) is 0 Å². The Hall–Kier alpha value is -3.53. The van der Waals surface area contributed by atoms with Crippen LogP contribution in [0.25, 0.3) is 10.9 Å². The molecule has 0 spiro atoms.